The van der Waals surface area contributed by atoms with Crippen molar-refractivity contribution in [2.45, 2.75) is 6.92 Å². The number of anilines is 2. The molecule has 0 saturated heterocycles. The van der Waals surface area contributed by atoms with Crippen molar-refractivity contribution < 1.29 is 4.79 Å². The van der Waals surface area contributed by atoms with Crippen molar-refractivity contribution in [2.24, 2.45) is 0 Å². The van der Waals surface area contributed by atoms with Crippen LogP contribution in [-0.2, 0) is 4.79 Å². The molecule has 0 bridgehead atoms. The molecule has 1 amide bonds. The van der Waals surface area contributed by atoms with Crippen molar-refractivity contribution in [3.8, 4) is 0 Å². The van der Waals surface area contributed by atoms with Crippen LogP contribution < -0.4 is 11.1 Å². The zero-order valence-electron chi connectivity index (χ0n) is 7.66. The van der Waals surface area contributed by atoms with E-state index in [0.29, 0.717) is 11.5 Å². The molecule has 0 spiro atoms. The maximum atomic E-state index is 10.8. The van der Waals surface area contributed by atoms with Crippen molar-refractivity contribution in [1.82, 2.24) is 10.2 Å². The molecule has 0 aliphatic heterocycles. The molecule has 72 valence electrons. The number of nitrogens with one attached hydrogen (secondary N) is 2. The standard InChI is InChI=1S/C9H10N4O/c1-5(14)11-9-7-4-6(10)2-3-8(7)12-13-9/h2-4H,10H2,1H3,(H2,11,12,13,14). The molecular weight excluding hydrogens is 180 g/mol. The van der Waals surface area contributed by atoms with Crippen LogP contribution in [0.5, 0.6) is 0 Å². The van der Waals surface area contributed by atoms with E-state index in [1.54, 1.807) is 12.1 Å². The van der Waals surface area contributed by atoms with Gasteiger partial charge in [-0.25, -0.2) is 0 Å². The van der Waals surface area contributed by atoms with Gasteiger partial charge in [-0.15, -0.1) is 0 Å². The summed E-state index contributed by atoms with van der Waals surface area (Å²) in [6, 6.07) is 5.37. The average Bonchev–Trinajstić information content (AvgIpc) is 2.47. The Balaban J connectivity index is 2.55. The lowest BCUT2D eigenvalue weighted by Crippen LogP contribution is -2.06. The molecule has 1 heterocycles. The minimum absolute atomic E-state index is 0.152. The second kappa shape index (κ2) is 3.02. The highest BCUT2D eigenvalue weighted by molar-refractivity contribution is 5.99. The fourth-order valence-electron chi connectivity index (χ4n) is 1.29. The van der Waals surface area contributed by atoms with Crippen LogP contribution in [0.1, 0.15) is 6.92 Å². The van der Waals surface area contributed by atoms with Crippen LogP contribution in [0.4, 0.5) is 11.5 Å². The molecule has 0 unspecified atom stereocenters. The highest BCUT2D eigenvalue weighted by atomic mass is 16.1. The summed E-state index contributed by atoms with van der Waals surface area (Å²) in [4.78, 5) is 10.8. The summed E-state index contributed by atoms with van der Waals surface area (Å²) < 4.78 is 0. The fraction of sp³-hybridized carbons (Fsp3) is 0.111. The molecule has 0 aliphatic carbocycles. The third-order valence-corrected chi connectivity index (χ3v) is 1.88. The van der Waals surface area contributed by atoms with Gasteiger partial charge in [0.1, 0.15) is 0 Å². The van der Waals surface area contributed by atoms with E-state index in [1.807, 2.05) is 6.07 Å². The number of aromatic amines is 1. The number of nitrogen functional groups attached to an aromatic ring is 1. The number of carbonyl (C=O) groups excluding carboxylic acids is 1. The van der Waals surface area contributed by atoms with Gasteiger partial charge in [0.25, 0.3) is 0 Å². The van der Waals surface area contributed by atoms with Gasteiger partial charge >= 0.3 is 0 Å². The minimum Gasteiger partial charge on any atom is -0.399 e. The van der Waals surface area contributed by atoms with E-state index < -0.39 is 0 Å². The lowest BCUT2D eigenvalue weighted by Gasteiger charge is -1.97. The molecule has 0 saturated carbocycles. The summed E-state index contributed by atoms with van der Waals surface area (Å²) >= 11 is 0. The molecule has 1 aromatic heterocycles. The Kier molecular flexibility index (Phi) is 1.85. The number of carbonyl (C=O) groups is 1. The highest BCUT2D eigenvalue weighted by Gasteiger charge is 2.06. The number of hydrogen-bond donors (Lipinski definition) is 3. The Morgan fingerprint density at radius 3 is 3.07 bits per heavy atom. The van der Waals surface area contributed by atoms with E-state index in [4.69, 9.17) is 5.73 Å². The van der Waals surface area contributed by atoms with Crippen LogP contribution in [0.15, 0.2) is 18.2 Å². The van der Waals surface area contributed by atoms with Crippen molar-refractivity contribution in [3.63, 3.8) is 0 Å². The quantitative estimate of drug-likeness (QED) is 0.589. The summed E-state index contributed by atoms with van der Waals surface area (Å²) in [5.41, 5.74) is 7.12. The lowest BCUT2D eigenvalue weighted by molar-refractivity contribution is -0.114. The van der Waals surface area contributed by atoms with E-state index in [-0.39, 0.29) is 5.91 Å². The molecule has 0 radical (unpaired) electrons. The zero-order chi connectivity index (χ0) is 10.1. The van der Waals surface area contributed by atoms with Gasteiger partial charge in [-0.3, -0.25) is 9.89 Å². The first-order valence-electron chi connectivity index (χ1n) is 4.18. The van der Waals surface area contributed by atoms with E-state index >= 15 is 0 Å². The van der Waals surface area contributed by atoms with Crippen molar-refractivity contribution in [1.29, 1.82) is 0 Å². The van der Waals surface area contributed by atoms with Gasteiger partial charge in [-0.2, -0.15) is 5.10 Å². The Hall–Kier alpha value is -2.04. The molecule has 2 aromatic rings. The third-order valence-electron chi connectivity index (χ3n) is 1.88. The van der Waals surface area contributed by atoms with Crippen molar-refractivity contribution >= 4 is 28.3 Å². The number of amides is 1. The Morgan fingerprint density at radius 2 is 2.36 bits per heavy atom. The first kappa shape index (κ1) is 8.55. The van der Waals surface area contributed by atoms with Gasteiger partial charge in [-0.05, 0) is 18.2 Å². The van der Waals surface area contributed by atoms with Gasteiger partial charge in [0.15, 0.2) is 5.82 Å². The monoisotopic (exact) mass is 190 g/mol. The van der Waals surface area contributed by atoms with Crippen LogP contribution in [0, 0.1) is 0 Å². The van der Waals surface area contributed by atoms with E-state index in [1.165, 1.54) is 6.92 Å². The van der Waals surface area contributed by atoms with Crippen LogP contribution in [0.25, 0.3) is 10.9 Å². The number of rotatable bonds is 1. The van der Waals surface area contributed by atoms with E-state index in [9.17, 15) is 4.79 Å². The Labute approximate surface area is 80.3 Å². The zero-order valence-corrected chi connectivity index (χ0v) is 7.66. The molecule has 0 atom stereocenters. The maximum Gasteiger partial charge on any atom is 0.222 e. The summed E-state index contributed by atoms with van der Waals surface area (Å²) in [5.74, 6) is 0.362. The van der Waals surface area contributed by atoms with Crippen LogP contribution in [0.3, 0.4) is 0 Å². The molecule has 5 heteroatoms. The molecule has 0 fully saturated rings. The number of aromatic nitrogens is 2. The summed E-state index contributed by atoms with van der Waals surface area (Å²) in [6.45, 7) is 1.44. The van der Waals surface area contributed by atoms with Gasteiger partial charge in [0, 0.05) is 18.0 Å². The molecule has 2 rings (SSSR count). The predicted molar refractivity (Wildman–Crippen MR) is 54.8 cm³/mol. The lowest BCUT2D eigenvalue weighted by atomic mass is 10.2. The maximum absolute atomic E-state index is 10.8. The molecule has 5 nitrogen and oxygen atoms in total. The van der Waals surface area contributed by atoms with Crippen molar-refractivity contribution in [3.05, 3.63) is 18.2 Å². The summed E-state index contributed by atoms with van der Waals surface area (Å²) in [7, 11) is 0. The summed E-state index contributed by atoms with van der Waals surface area (Å²) in [6.07, 6.45) is 0. The van der Waals surface area contributed by atoms with Gasteiger partial charge in [-0.1, -0.05) is 0 Å². The topological polar surface area (TPSA) is 83.8 Å². The normalized spacial score (nSPS) is 10.4. The number of nitrogens with two attached hydrogens (primary N) is 1. The van der Waals surface area contributed by atoms with Crippen molar-refractivity contribution in [2.75, 3.05) is 11.1 Å². The Bertz CT molecular complexity index is 489. The van der Waals surface area contributed by atoms with E-state index in [0.717, 1.165) is 10.9 Å². The van der Waals surface area contributed by atoms with Crippen LogP contribution in [-0.4, -0.2) is 16.1 Å². The third kappa shape index (κ3) is 1.39. The summed E-state index contributed by atoms with van der Waals surface area (Å²) in [5, 5.41) is 10.2. The molecule has 4 N–H and O–H groups in total. The molecule has 1 aromatic carbocycles. The smallest absolute Gasteiger partial charge is 0.222 e. The molecule has 14 heavy (non-hydrogen) atoms. The van der Waals surface area contributed by atoms with Gasteiger partial charge in [0.2, 0.25) is 5.91 Å². The van der Waals surface area contributed by atoms with Crippen LogP contribution >= 0.6 is 0 Å². The number of benzene rings is 1. The second-order valence-electron chi connectivity index (χ2n) is 3.06. The minimum atomic E-state index is -0.152. The number of fused-ring (bicyclic) bond motifs is 1. The number of hydrogen-bond acceptors (Lipinski definition) is 3. The second-order valence-corrected chi connectivity index (χ2v) is 3.06. The fourth-order valence-corrected chi connectivity index (χ4v) is 1.29. The average molecular weight is 190 g/mol. The van der Waals surface area contributed by atoms with Crippen LogP contribution in [0.2, 0.25) is 0 Å². The predicted octanol–water partition coefficient (Wildman–Crippen LogP) is 1.10. The highest BCUT2D eigenvalue weighted by Crippen LogP contribution is 2.22. The van der Waals surface area contributed by atoms with Gasteiger partial charge < -0.3 is 11.1 Å². The SMILES string of the molecule is CC(=O)Nc1n[nH]c2ccc(N)cc12. The largest absolute Gasteiger partial charge is 0.399 e. The molecular formula is C9H10N4O. The number of H-pyrrole nitrogens is 1. The number of nitrogens with zero attached hydrogens (tertiary/aromatic N) is 1. The first-order chi connectivity index (χ1) is 6.66. The Morgan fingerprint density at radius 1 is 1.57 bits per heavy atom. The molecule has 0 aliphatic rings. The first-order valence-corrected chi connectivity index (χ1v) is 4.18. The van der Waals surface area contributed by atoms with E-state index in [2.05, 4.69) is 15.5 Å². The van der Waals surface area contributed by atoms with Gasteiger partial charge in [0.05, 0.1) is 5.52 Å².